The summed E-state index contributed by atoms with van der Waals surface area (Å²) in [6.45, 7) is 0. The van der Waals surface area contributed by atoms with Gasteiger partial charge in [0.2, 0.25) is 0 Å². The summed E-state index contributed by atoms with van der Waals surface area (Å²) in [7, 11) is 1.80. The lowest BCUT2D eigenvalue weighted by atomic mass is 9.82. The summed E-state index contributed by atoms with van der Waals surface area (Å²) in [6.07, 6.45) is 6.11. The maximum absolute atomic E-state index is 13.9. The molecule has 2 saturated carbocycles. The molecule has 1 aromatic rings. The van der Waals surface area contributed by atoms with E-state index in [1.807, 2.05) is 0 Å². The maximum Gasteiger partial charge on any atom is 0.130 e. The van der Waals surface area contributed by atoms with Crippen LogP contribution in [0.3, 0.4) is 0 Å². The molecule has 0 aliphatic heterocycles. The normalized spacial score (nSPS) is 30.8. The van der Waals surface area contributed by atoms with Gasteiger partial charge in [-0.1, -0.05) is 12.5 Å². The van der Waals surface area contributed by atoms with Crippen LogP contribution in [0.1, 0.15) is 43.7 Å². The second kappa shape index (κ2) is 5.20. The minimum absolute atomic E-state index is 0.203. The van der Waals surface area contributed by atoms with Gasteiger partial charge in [0.15, 0.2) is 0 Å². The highest BCUT2D eigenvalue weighted by molar-refractivity contribution is 5.23. The molecule has 2 bridgehead atoms. The van der Waals surface area contributed by atoms with Gasteiger partial charge < -0.3 is 5.32 Å². The molecule has 3 heteroatoms. The lowest BCUT2D eigenvalue weighted by Gasteiger charge is -2.27. The molecule has 19 heavy (non-hydrogen) atoms. The molecule has 0 spiro atoms. The van der Waals surface area contributed by atoms with Crippen molar-refractivity contribution in [2.24, 2.45) is 17.8 Å². The number of hydrogen-bond donors (Lipinski definition) is 1. The lowest BCUT2D eigenvalue weighted by molar-refractivity contribution is 0.279. The Labute approximate surface area is 113 Å². The van der Waals surface area contributed by atoms with Crippen molar-refractivity contribution in [3.05, 3.63) is 35.4 Å². The van der Waals surface area contributed by atoms with Gasteiger partial charge in [-0.25, -0.2) is 8.78 Å². The van der Waals surface area contributed by atoms with E-state index >= 15 is 0 Å². The molecule has 0 amide bonds. The maximum atomic E-state index is 13.9. The van der Waals surface area contributed by atoms with Crippen molar-refractivity contribution < 1.29 is 8.78 Å². The van der Waals surface area contributed by atoms with Gasteiger partial charge in [0.05, 0.1) is 0 Å². The quantitative estimate of drug-likeness (QED) is 0.866. The van der Waals surface area contributed by atoms with Crippen LogP contribution >= 0.6 is 0 Å². The molecule has 4 unspecified atom stereocenters. The first-order chi connectivity index (χ1) is 9.19. The van der Waals surface area contributed by atoms with Crippen molar-refractivity contribution >= 4 is 0 Å². The third-order valence-electron chi connectivity index (χ3n) is 5.12. The van der Waals surface area contributed by atoms with E-state index in [0.29, 0.717) is 5.92 Å². The lowest BCUT2D eigenvalue weighted by Crippen LogP contribution is -2.24. The van der Waals surface area contributed by atoms with E-state index < -0.39 is 11.6 Å². The molecule has 2 aliphatic rings. The van der Waals surface area contributed by atoms with Crippen molar-refractivity contribution in [2.75, 3.05) is 7.05 Å². The zero-order chi connectivity index (χ0) is 13.4. The van der Waals surface area contributed by atoms with Crippen LogP contribution in [0.5, 0.6) is 0 Å². The molecule has 2 fully saturated rings. The monoisotopic (exact) mass is 265 g/mol. The summed E-state index contributed by atoms with van der Waals surface area (Å²) in [5.74, 6) is 1.44. The Morgan fingerprint density at radius 3 is 2.47 bits per heavy atom. The van der Waals surface area contributed by atoms with Gasteiger partial charge >= 0.3 is 0 Å². The van der Waals surface area contributed by atoms with E-state index in [1.165, 1.54) is 43.9 Å². The number of fused-ring (bicyclic) bond motifs is 2. The Morgan fingerprint density at radius 1 is 1.21 bits per heavy atom. The van der Waals surface area contributed by atoms with Crippen LogP contribution in [0.2, 0.25) is 0 Å². The first-order valence-corrected chi connectivity index (χ1v) is 7.30. The molecule has 2 aliphatic carbocycles. The van der Waals surface area contributed by atoms with Crippen LogP contribution in [0.15, 0.2) is 18.2 Å². The van der Waals surface area contributed by atoms with Crippen molar-refractivity contribution in [1.29, 1.82) is 0 Å². The summed E-state index contributed by atoms with van der Waals surface area (Å²) >= 11 is 0. The van der Waals surface area contributed by atoms with Crippen molar-refractivity contribution in [2.45, 2.75) is 38.1 Å². The average Bonchev–Trinajstić information content (AvgIpc) is 2.99. The molecule has 1 nitrogen and oxygen atoms in total. The number of hydrogen-bond acceptors (Lipinski definition) is 1. The SMILES string of the molecule is CNC(CC1CC2CCC1C2)c1c(F)cccc1F. The molecule has 1 N–H and O–H groups in total. The van der Waals surface area contributed by atoms with Crippen molar-refractivity contribution in [3.8, 4) is 0 Å². The van der Waals surface area contributed by atoms with E-state index in [4.69, 9.17) is 0 Å². The van der Waals surface area contributed by atoms with Crippen LogP contribution < -0.4 is 5.32 Å². The van der Waals surface area contributed by atoms with Crippen LogP contribution in [-0.2, 0) is 0 Å². The highest BCUT2D eigenvalue weighted by atomic mass is 19.1. The van der Waals surface area contributed by atoms with Gasteiger partial charge in [-0.05, 0) is 62.6 Å². The van der Waals surface area contributed by atoms with Crippen molar-refractivity contribution in [1.82, 2.24) is 5.32 Å². The van der Waals surface area contributed by atoms with E-state index in [9.17, 15) is 8.78 Å². The van der Waals surface area contributed by atoms with E-state index in [2.05, 4.69) is 5.32 Å². The molecule has 4 atom stereocenters. The average molecular weight is 265 g/mol. The van der Waals surface area contributed by atoms with Crippen LogP contribution in [0, 0.1) is 29.4 Å². The predicted molar refractivity (Wildman–Crippen MR) is 71.7 cm³/mol. The first kappa shape index (κ1) is 13.0. The molecular formula is C16H21F2N. The van der Waals surface area contributed by atoms with Crippen LogP contribution in [0.25, 0.3) is 0 Å². The highest BCUT2D eigenvalue weighted by Crippen LogP contribution is 2.51. The number of halogens is 2. The second-order valence-electron chi connectivity index (χ2n) is 6.15. The minimum Gasteiger partial charge on any atom is -0.313 e. The molecule has 0 saturated heterocycles. The molecular weight excluding hydrogens is 244 g/mol. The Kier molecular flexibility index (Phi) is 3.57. The van der Waals surface area contributed by atoms with Gasteiger partial charge in [0.1, 0.15) is 11.6 Å². The molecule has 104 valence electrons. The minimum atomic E-state index is -0.428. The summed E-state index contributed by atoms with van der Waals surface area (Å²) in [5.41, 5.74) is 0.216. The van der Waals surface area contributed by atoms with Gasteiger partial charge in [0.25, 0.3) is 0 Å². The predicted octanol–water partition coefficient (Wildman–Crippen LogP) is 4.05. The fourth-order valence-corrected chi connectivity index (χ4v) is 4.19. The summed E-state index contributed by atoms with van der Waals surface area (Å²) in [4.78, 5) is 0. The van der Waals surface area contributed by atoms with Gasteiger partial charge in [-0.2, -0.15) is 0 Å². The smallest absolute Gasteiger partial charge is 0.130 e. The van der Waals surface area contributed by atoms with Crippen molar-refractivity contribution in [3.63, 3.8) is 0 Å². The van der Waals surface area contributed by atoms with Crippen LogP contribution in [-0.4, -0.2) is 7.05 Å². The Morgan fingerprint density at radius 2 is 1.95 bits per heavy atom. The summed E-state index contributed by atoms with van der Waals surface area (Å²) < 4.78 is 27.7. The second-order valence-corrected chi connectivity index (χ2v) is 6.15. The molecule has 0 radical (unpaired) electrons. The Bertz CT molecular complexity index is 440. The van der Waals surface area contributed by atoms with Gasteiger partial charge in [-0.3, -0.25) is 0 Å². The zero-order valence-corrected chi connectivity index (χ0v) is 11.3. The first-order valence-electron chi connectivity index (χ1n) is 7.30. The summed E-state index contributed by atoms with van der Waals surface area (Å²) in [6, 6.07) is 3.93. The third kappa shape index (κ3) is 2.40. The largest absolute Gasteiger partial charge is 0.313 e. The molecule has 3 rings (SSSR count). The fourth-order valence-electron chi connectivity index (χ4n) is 4.19. The molecule has 0 heterocycles. The summed E-state index contributed by atoms with van der Waals surface area (Å²) in [5, 5.41) is 3.11. The Hall–Kier alpha value is -0.960. The topological polar surface area (TPSA) is 12.0 Å². The van der Waals surface area contributed by atoms with Gasteiger partial charge in [-0.15, -0.1) is 0 Å². The van der Waals surface area contributed by atoms with E-state index in [1.54, 1.807) is 7.05 Å². The standard InChI is InChI=1S/C16H21F2N/c1-19-15(16-13(17)3-2-4-14(16)18)9-12-8-10-5-6-11(12)7-10/h2-4,10-12,15,19H,5-9H2,1H3. The number of rotatable bonds is 4. The molecule has 1 aromatic carbocycles. The number of nitrogens with one attached hydrogen (secondary N) is 1. The van der Waals surface area contributed by atoms with Gasteiger partial charge in [0, 0.05) is 11.6 Å². The number of benzene rings is 1. The zero-order valence-electron chi connectivity index (χ0n) is 11.3. The highest BCUT2D eigenvalue weighted by Gasteiger charge is 2.40. The fraction of sp³-hybridized carbons (Fsp3) is 0.625. The van der Waals surface area contributed by atoms with E-state index in [-0.39, 0.29) is 11.6 Å². The van der Waals surface area contributed by atoms with Crippen LogP contribution in [0.4, 0.5) is 8.78 Å². The third-order valence-corrected chi connectivity index (χ3v) is 5.12. The molecule has 0 aromatic heterocycles. The Balaban J connectivity index is 1.77. The van der Waals surface area contributed by atoms with E-state index in [0.717, 1.165) is 18.3 Å².